The second-order valence-corrected chi connectivity index (χ2v) is 6.52. The first-order valence-electron chi connectivity index (χ1n) is 7.89. The van der Waals surface area contributed by atoms with Crippen molar-refractivity contribution in [3.05, 3.63) is 29.8 Å². The molecule has 0 saturated carbocycles. The van der Waals surface area contributed by atoms with Crippen LogP contribution in [-0.4, -0.2) is 42.1 Å². The molecule has 2 N–H and O–H groups in total. The van der Waals surface area contributed by atoms with E-state index in [1.54, 1.807) is 7.05 Å². The molecule has 124 valence electrons. The van der Waals surface area contributed by atoms with Crippen LogP contribution < -0.4 is 10.3 Å². The lowest BCUT2D eigenvalue weighted by Crippen LogP contribution is -2.68. The Labute approximate surface area is 142 Å². The molecule has 3 atom stereocenters. The summed E-state index contributed by atoms with van der Waals surface area (Å²) >= 11 is 0. The van der Waals surface area contributed by atoms with Gasteiger partial charge in [-0.1, -0.05) is 18.9 Å². The molecule has 0 radical (unpaired) electrons. The molecule has 0 spiro atoms. The van der Waals surface area contributed by atoms with Crippen molar-refractivity contribution in [1.29, 1.82) is 5.41 Å². The van der Waals surface area contributed by atoms with E-state index in [-0.39, 0.29) is 23.7 Å². The summed E-state index contributed by atoms with van der Waals surface area (Å²) < 4.78 is 0. The third-order valence-corrected chi connectivity index (χ3v) is 5.16. The van der Waals surface area contributed by atoms with Crippen LogP contribution in [0.2, 0.25) is 0 Å². The van der Waals surface area contributed by atoms with E-state index in [1.807, 2.05) is 49.3 Å². The zero-order chi connectivity index (χ0) is 17.5. The maximum absolute atomic E-state index is 12.4. The quantitative estimate of drug-likeness (QED) is 0.810. The number of rotatable bonds is 2. The third kappa shape index (κ3) is 2.42. The van der Waals surface area contributed by atoms with Crippen molar-refractivity contribution in [1.82, 2.24) is 10.2 Å². The van der Waals surface area contributed by atoms with Gasteiger partial charge >= 0.3 is 0 Å². The fourth-order valence-electron chi connectivity index (χ4n) is 3.23. The number of hydrazone groups is 1. The predicted octanol–water partition coefficient (Wildman–Crippen LogP) is 1.48. The summed E-state index contributed by atoms with van der Waals surface area (Å²) in [7, 11) is 1.62. The lowest BCUT2D eigenvalue weighted by molar-refractivity contribution is -0.135. The van der Waals surface area contributed by atoms with E-state index in [2.05, 4.69) is 16.3 Å². The highest BCUT2D eigenvalue weighted by molar-refractivity contribution is 6.00. The number of guanidine groups is 1. The Kier molecular flexibility index (Phi) is 3.80. The highest BCUT2D eigenvalue weighted by Gasteiger charge is 2.49. The molecule has 1 saturated heterocycles. The number of benzene rings is 1. The molecule has 2 heterocycles. The van der Waals surface area contributed by atoms with Gasteiger partial charge in [-0.25, -0.2) is 0 Å². The van der Waals surface area contributed by atoms with Crippen molar-refractivity contribution in [3.63, 3.8) is 0 Å². The number of carbonyl (C=O) groups is 1. The van der Waals surface area contributed by atoms with Gasteiger partial charge in [0.25, 0.3) is 0 Å². The molecule has 2 aliphatic heterocycles. The minimum atomic E-state index is -0.553. The molecule has 6 heteroatoms. The summed E-state index contributed by atoms with van der Waals surface area (Å²) in [5.74, 6) is 2.44. The van der Waals surface area contributed by atoms with Crippen LogP contribution in [0.5, 0.6) is 0 Å². The molecular weight excluding hydrogens is 302 g/mol. The molecule has 6 nitrogen and oxygen atoms in total. The van der Waals surface area contributed by atoms with Gasteiger partial charge in [-0.15, -0.1) is 6.42 Å². The summed E-state index contributed by atoms with van der Waals surface area (Å²) in [6.45, 7) is 4.51. The summed E-state index contributed by atoms with van der Waals surface area (Å²) in [4.78, 5) is 13.8. The fourth-order valence-corrected chi connectivity index (χ4v) is 3.23. The van der Waals surface area contributed by atoms with Crippen LogP contribution in [-0.2, 0) is 4.79 Å². The first kappa shape index (κ1) is 16.1. The lowest BCUT2D eigenvalue weighted by atomic mass is 9.74. The topological polar surface area (TPSA) is 71.8 Å². The average Bonchev–Trinajstić information content (AvgIpc) is 3.09. The van der Waals surface area contributed by atoms with Crippen LogP contribution >= 0.6 is 0 Å². The largest absolute Gasteiger partial charge is 0.349 e. The molecule has 0 bridgehead atoms. The van der Waals surface area contributed by atoms with Crippen LogP contribution in [0.1, 0.15) is 19.4 Å². The monoisotopic (exact) mass is 323 g/mol. The normalized spacial score (nSPS) is 29.6. The molecular formula is C18H21N5O. The smallest absolute Gasteiger partial charge is 0.234 e. The average molecular weight is 323 g/mol. The van der Waals surface area contributed by atoms with E-state index >= 15 is 0 Å². The maximum Gasteiger partial charge on any atom is 0.234 e. The number of hydrogen-bond acceptors (Lipinski definition) is 4. The summed E-state index contributed by atoms with van der Waals surface area (Å²) in [6, 6.07) is 7.66. The molecule has 24 heavy (non-hydrogen) atoms. The summed E-state index contributed by atoms with van der Waals surface area (Å²) in [5.41, 5.74) is 1.18. The van der Waals surface area contributed by atoms with Gasteiger partial charge in [-0.3, -0.25) is 20.1 Å². The van der Waals surface area contributed by atoms with Crippen molar-refractivity contribution >= 4 is 23.8 Å². The van der Waals surface area contributed by atoms with Crippen LogP contribution in [0.25, 0.3) is 0 Å². The molecule has 0 aliphatic carbocycles. The number of nitrogens with one attached hydrogen (secondary N) is 2. The number of carbonyl (C=O) groups excluding carboxylic acids is 1. The summed E-state index contributed by atoms with van der Waals surface area (Å²) in [6.07, 6.45) is 7.32. The van der Waals surface area contributed by atoms with E-state index in [4.69, 9.17) is 11.8 Å². The van der Waals surface area contributed by atoms with E-state index in [9.17, 15) is 4.79 Å². The first-order valence-corrected chi connectivity index (χ1v) is 7.89. The van der Waals surface area contributed by atoms with Crippen molar-refractivity contribution in [2.24, 2.45) is 16.9 Å². The zero-order valence-corrected chi connectivity index (χ0v) is 14.1. The van der Waals surface area contributed by atoms with E-state index in [1.165, 1.54) is 4.90 Å². The number of amides is 1. The Hall–Kier alpha value is -2.81. The number of hydrogen-bond donors (Lipinski definition) is 2. The van der Waals surface area contributed by atoms with E-state index in [0.717, 1.165) is 11.3 Å². The third-order valence-electron chi connectivity index (χ3n) is 5.16. The maximum atomic E-state index is 12.4. The van der Waals surface area contributed by atoms with E-state index < -0.39 is 5.54 Å². The molecule has 2 aliphatic rings. The van der Waals surface area contributed by atoms with Crippen molar-refractivity contribution < 1.29 is 4.79 Å². The van der Waals surface area contributed by atoms with Gasteiger partial charge in [-0.2, -0.15) is 5.10 Å². The minimum absolute atomic E-state index is 0.00000756. The van der Waals surface area contributed by atoms with Crippen molar-refractivity contribution in [2.75, 3.05) is 18.6 Å². The Morgan fingerprint density at radius 1 is 1.50 bits per heavy atom. The standard InChI is InChI=1S/C18H21N5O/c1-5-13-7-6-8-15(9-13)23-11-14(10-20-23)18(3)12(2)16(24)22(4)17(19)21-18/h1,6-10,12,14H,11H2,2-4H3,(H2,19,21)/t12?,14?,18-/m0/s1. The molecule has 1 fully saturated rings. The number of anilines is 1. The van der Waals surface area contributed by atoms with Crippen LogP contribution in [0.4, 0.5) is 5.69 Å². The van der Waals surface area contributed by atoms with Gasteiger partial charge in [0, 0.05) is 24.7 Å². The SMILES string of the molecule is C#Cc1cccc(N2CC([C@@]3(C)NC(=N)N(C)C(=O)C3C)C=N2)c1. The fraction of sp³-hybridized carbons (Fsp3) is 0.389. The molecule has 3 rings (SSSR count). The molecule has 2 unspecified atom stereocenters. The predicted molar refractivity (Wildman–Crippen MR) is 94.9 cm³/mol. The highest BCUT2D eigenvalue weighted by Crippen LogP contribution is 2.34. The zero-order valence-electron chi connectivity index (χ0n) is 14.1. The van der Waals surface area contributed by atoms with Gasteiger partial charge in [0.05, 0.1) is 23.7 Å². The summed E-state index contributed by atoms with van der Waals surface area (Å²) in [5, 5.41) is 17.6. The molecule has 1 aromatic rings. The second-order valence-electron chi connectivity index (χ2n) is 6.52. The van der Waals surface area contributed by atoms with Gasteiger partial charge in [0.2, 0.25) is 5.91 Å². The van der Waals surface area contributed by atoms with Crippen molar-refractivity contribution in [2.45, 2.75) is 19.4 Å². The Morgan fingerprint density at radius 2 is 2.25 bits per heavy atom. The molecule has 1 aromatic carbocycles. The van der Waals surface area contributed by atoms with Crippen LogP contribution in [0.3, 0.4) is 0 Å². The van der Waals surface area contributed by atoms with Crippen LogP contribution in [0.15, 0.2) is 29.4 Å². The van der Waals surface area contributed by atoms with Gasteiger partial charge in [0.1, 0.15) is 0 Å². The molecule has 0 aromatic heterocycles. The Balaban J connectivity index is 1.83. The minimum Gasteiger partial charge on any atom is -0.349 e. The van der Waals surface area contributed by atoms with Crippen LogP contribution in [0, 0.1) is 29.6 Å². The molecule has 1 amide bonds. The highest BCUT2D eigenvalue weighted by atomic mass is 16.2. The number of terminal acetylenes is 1. The van der Waals surface area contributed by atoms with Gasteiger partial charge in [0.15, 0.2) is 5.96 Å². The van der Waals surface area contributed by atoms with Crippen molar-refractivity contribution in [3.8, 4) is 12.3 Å². The lowest BCUT2D eigenvalue weighted by Gasteiger charge is -2.46. The second kappa shape index (κ2) is 5.68. The van der Waals surface area contributed by atoms with Gasteiger partial charge < -0.3 is 5.32 Å². The number of nitrogens with zero attached hydrogens (tertiary/aromatic N) is 3. The Bertz CT molecular complexity index is 765. The van der Waals surface area contributed by atoms with Gasteiger partial charge in [-0.05, 0) is 25.1 Å². The first-order chi connectivity index (χ1) is 11.4. The van der Waals surface area contributed by atoms with E-state index in [0.29, 0.717) is 6.54 Å². The Morgan fingerprint density at radius 3 is 2.96 bits per heavy atom.